The van der Waals surface area contributed by atoms with Crippen molar-refractivity contribution in [2.45, 2.75) is 19.9 Å². The number of aryl methyl sites for hydroxylation is 2. The van der Waals surface area contributed by atoms with Gasteiger partial charge in [0, 0.05) is 18.8 Å². The van der Waals surface area contributed by atoms with Gasteiger partial charge in [-0.25, -0.2) is 0 Å². The van der Waals surface area contributed by atoms with Crippen LogP contribution in [0.15, 0.2) is 23.8 Å². The van der Waals surface area contributed by atoms with Crippen LogP contribution in [-0.4, -0.2) is 78.2 Å². The van der Waals surface area contributed by atoms with E-state index < -0.39 is 17.7 Å². The quantitative estimate of drug-likeness (QED) is 0.395. The molecule has 2 N–H and O–H groups in total. The number of hydrogen-bond acceptors (Lipinski definition) is 7. The lowest BCUT2D eigenvalue weighted by molar-refractivity contribution is -0.140. The average molecular weight is 428 g/mol. The van der Waals surface area contributed by atoms with Gasteiger partial charge in [-0.3, -0.25) is 14.7 Å². The number of benzene rings is 1. The van der Waals surface area contributed by atoms with Gasteiger partial charge in [0.05, 0.1) is 37.1 Å². The summed E-state index contributed by atoms with van der Waals surface area (Å²) in [4.78, 5) is 29.5. The number of nitrogens with zero attached hydrogens (tertiary/aromatic N) is 3. The fourth-order valence-corrected chi connectivity index (χ4v) is 3.82. The third-order valence-electron chi connectivity index (χ3n) is 5.42. The lowest BCUT2D eigenvalue weighted by Crippen LogP contribution is -2.35. The predicted octanol–water partition coefficient (Wildman–Crippen LogP) is 2.03. The van der Waals surface area contributed by atoms with Gasteiger partial charge in [0.2, 0.25) is 0 Å². The maximum Gasteiger partial charge on any atom is 0.295 e. The summed E-state index contributed by atoms with van der Waals surface area (Å²) in [6, 6.07) is 4.44. The molecule has 0 radical (unpaired) electrons. The van der Waals surface area contributed by atoms with E-state index in [-0.39, 0.29) is 11.3 Å². The van der Waals surface area contributed by atoms with Gasteiger partial charge in [-0.1, -0.05) is 6.07 Å². The van der Waals surface area contributed by atoms with Crippen molar-refractivity contribution in [1.29, 1.82) is 0 Å². The third kappa shape index (κ3) is 4.00. The molecule has 0 bridgehead atoms. The van der Waals surface area contributed by atoms with E-state index in [9.17, 15) is 14.7 Å². The molecule has 31 heavy (non-hydrogen) atoms. The Bertz CT molecular complexity index is 1020. The van der Waals surface area contributed by atoms with Crippen LogP contribution >= 0.6 is 0 Å². The molecule has 1 aliphatic heterocycles. The first-order valence-electron chi connectivity index (χ1n) is 9.88. The van der Waals surface area contributed by atoms with Crippen molar-refractivity contribution >= 4 is 17.4 Å². The molecule has 2 aromatic rings. The van der Waals surface area contributed by atoms with Gasteiger partial charge in [0.1, 0.15) is 5.76 Å². The van der Waals surface area contributed by atoms with E-state index in [0.29, 0.717) is 47.1 Å². The largest absolute Gasteiger partial charge is 0.507 e. The van der Waals surface area contributed by atoms with Crippen molar-refractivity contribution in [1.82, 2.24) is 20.0 Å². The highest BCUT2D eigenvalue weighted by Crippen LogP contribution is 2.42. The third-order valence-corrected chi connectivity index (χ3v) is 5.42. The Balaban J connectivity index is 2.22. The molecule has 3 rings (SSSR count). The lowest BCUT2D eigenvalue weighted by atomic mass is 9.94. The number of ether oxygens (including phenoxy) is 2. The van der Waals surface area contributed by atoms with Crippen LogP contribution < -0.4 is 9.47 Å². The van der Waals surface area contributed by atoms with Crippen LogP contribution in [0.25, 0.3) is 5.76 Å². The first-order valence-corrected chi connectivity index (χ1v) is 9.88. The van der Waals surface area contributed by atoms with Gasteiger partial charge < -0.3 is 24.4 Å². The Kier molecular flexibility index (Phi) is 6.35. The summed E-state index contributed by atoms with van der Waals surface area (Å²) in [5.74, 6) is -0.626. The van der Waals surface area contributed by atoms with E-state index in [2.05, 4.69) is 10.2 Å². The number of nitrogens with one attached hydrogen (secondary N) is 1. The van der Waals surface area contributed by atoms with Crippen LogP contribution in [0.1, 0.15) is 28.6 Å². The highest BCUT2D eigenvalue weighted by atomic mass is 16.5. The fraction of sp³-hybridized carbons (Fsp3) is 0.409. The van der Waals surface area contributed by atoms with Gasteiger partial charge in [-0.15, -0.1) is 0 Å². The predicted molar refractivity (Wildman–Crippen MR) is 115 cm³/mol. The molecule has 9 heteroatoms. The molecule has 0 aliphatic carbocycles. The number of ketones is 1. The van der Waals surface area contributed by atoms with Crippen molar-refractivity contribution in [2.75, 3.05) is 41.4 Å². The number of aliphatic hydroxyl groups is 1. The first-order chi connectivity index (χ1) is 14.7. The monoisotopic (exact) mass is 428 g/mol. The number of H-pyrrole nitrogens is 1. The average Bonchev–Trinajstić information content (AvgIpc) is 3.21. The maximum atomic E-state index is 13.1. The zero-order chi connectivity index (χ0) is 22.9. The number of aliphatic hydroxyl groups excluding tert-OH is 1. The van der Waals surface area contributed by atoms with E-state index in [0.717, 1.165) is 0 Å². The summed E-state index contributed by atoms with van der Waals surface area (Å²) in [6.07, 6.45) is 0. The highest BCUT2D eigenvalue weighted by molar-refractivity contribution is 6.46. The van der Waals surface area contributed by atoms with Crippen LogP contribution in [0, 0.1) is 13.8 Å². The normalized spacial score (nSPS) is 18.2. The second kappa shape index (κ2) is 8.81. The Morgan fingerprint density at radius 1 is 1.19 bits per heavy atom. The van der Waals surface area contributed by atoms with Crippen LogP contribution in [0.2, 0.25) is 0 Å². The molecular formula is C22H28N4O5. The number of methoxy groups -OCH3 is 2. The Hall–Kier alpha value is -3.33. The molecule has 1 amide bonds. The van der Waals surface area contributed by atoms with Crippen molar-refractivity contribution < 1.29 is 24.2 Å². The summed E-state index contributed by atoms with van der Waals surface area (Å²) in [5, 5.41) is 18.1. The Labute approximate surface area is 181 Å². The molecular weight excluding hydrogens is 400 g/mol. The van der Waals surface area contributed by atoms with E-state index in [1.54, 1.807) is 32.0 Å². The number of aromatic amines is 1. The molecule has 2 heterocycles. The van der Waals surface area contributed by atoms with Crippen LogP contribution in [0.5, 0.6) is 11.5 Å². The molecule has 1 fully saturated rings. The molecule has 0 unspecified atom stereocenters. The summed E-state index contributed by atoms with van der Waals surface area (Å²) >= 11 is 0. The number of Topliss-reactive ketones (excluding diaryl/α,β-unsaturated/α-hetero) is 1. The van der Waals surface area contributed by atoms with Crippen molar-refractivity contribution in [2.24, 2.45) is 0 Å². The van der Waals surface area contributed by atoms with Crippen LogP contribution in [-0.2, 0) is 9.59 Å². The lowest BCUT2D eigenvalue weighted by Gasteiger charge is -2.27. The van der Waals surface area contributed by atoms with Crippen LogP contribution in [0.3, 0.4) is 0 Å². The number of likely N-dealkylation sites (N-methyl/N-ethyl adjacent to an activating group) is 1. The van der Waals surface area contributed by atoms with Gasteiger partial charge in [-0.05, 0) is 45.6 Å². The van der Waals surface area contributed by atoms with Gasteiger partial charge >= 0.3 is 0 Å². The van der Waals surface area contributed by atoms with Crippen LogP contribution in [0.4, 0.5) is 0 Å². The highest BCUT2D eigenvalue weighted by Gasteiger charge is 2.46. The molecule has 1 aromatic carbocycles. The zero-order valence-corrected chi connectivity index (χ0v) is 18.6. The van der Waals surface area contributed by atoms with E-state index in [4.69, 9.17) is 9.47 Å². The van der Waals surface area contributed by atoms with Crippen molar-refractivity contribution in [3.05, 3.63) is 46.3 Å². The molecule has 1 aromatic heterocycles. The molecule has 0 saturated carbocycles. The zero-order valence-electron chi connectivity index (χ0n) is 18.6. The molecule has 1 atom stereocenters. The summed E-state index contributed by atoms with van der Waals surface area (Å²) < 4.78 is 10.7. The molecule has 0 spiro atoms. The first kappa shape index (κ1) is 22.4. The van der Waals surface area contributed by atoms with Crippen molar-refractivity contribution in [3.8, 4) is 11.5 Å². The molecule has 1 aliphatic rings. The number of rotatable bonds is 7. The Morgan fingerprint density at radius 2 is 1.87 bits per heavy atom. The van der Waals surface area contributed by atoms with Gasteiger partial charge in [0.25, 0.3) is 11.7 Å². The van der Waals surface area contributed by atoms with E-state index in [1.807, 2.05) is 19.0 Å². The summed E-state index contributed by atoms with van der Waals surface area (Å²) in [6.45, 7) is 4.35. The molecule has 1 saturated heterocycles. The molecule has 166 valence electrons. The second-order valence-electron chi connectivity index (χ2n) is 7.72. The minimum Gasteiger partial charge on any atom is -0.507 e. The van der Waals surface area contributed by atoms with E-state index in [1.165, 1.54) is 19.1 Å². The number of carbonyl (C=O) groups is 2. The minimum atomic E-state index is -0.770. The number of likely N-dealkylation sites (tertiary alicyclic amines) is 1. The van der Waals surface area contributed by atoms with E-state index >= 15 is 0 Å². The van der Waals surface area contributed by atoms with Gasteiger partial charge in [0.15, 0.2) is 11.5 Å². The second-order valence-corrected chi connectivity index (χ2v) is 7.72. The Morgan fingerprint density at radius 3 is 2.42 bits per heavy atom. The smallest absolute Gasteiger partial charge is 0.295 e. The number of carbonyl (C=O) groups excluding carboxylic acids is 2. The summed E-state index contributed by atoms with van der Waals surface area (Å²) in [7, 11) is 6.83. The maximum absolute atomic E-state index is 13.1. The molecule has 9 nitrogen and oxygen atoms in total. The topological polar surface area (TPSA) is 108 Å². The summed E-state index contributed by atoms with van der Waals surface area (Å²) in [5.41, 5.74) is 2.25. The standard InChI is InChI=1S/C22H28N4O5/c1-12-17(13(2)24-23-12)20(27)18-19(14-7-8-15(30-5)16(11-14)31-6)26(10-9-25(3)4)22(29)21(18)28/h7-8,11,19,27H,9-10H2,1-6H3,(H,23,24)/t19-/m1/s1. The number of amides is 1. The fourth-order valence-electron chi connectivity index (χ4n) is 3.82. The SMILES string of the molecule is COc1ccc([C@@H]2C(=C(O)c3c(C)n[nH]c3C)C(=O)C(=O)N2CCN(C)C)cc1OC. The van der Waals surface area contributed by atoms with Crippen molar-refractivity contribution in [3.63, 3.8) is 0 Å². The minimum absolute atomic E-state index is 0.0311. The number of hydrogen-bond donors (Lipinski definition) is 2. The number of aromatic nitrogens is 2. The van der Waals surface area contributed by atoms with Gasteiger partial charge in [-0.2, -0.15) is 5.10 Å².